The number of aryl methyl sites for hydroxylation is 1. The van der Waals surface area contributed by atoms with Crippen LogP contribution in [0.5, 0.6) is 0 Å². The monoisotopic (exact) mass is 681 g/mol. The number of nitrogens with zero attached hydrogens (tertiary/aromatic N) is 5. The molecule has 35 heavy (non-hydrogen) atoms. The number of nitrogens with one attached hydrogen (secondary N) is 1. The SMILES string of the molecule is Cc1nc([NH-])c2nc(CN(C)c3ccc(C(=O)CC(CCC(=O)O)C(=O)O)cc3)cnc2n1.[Cl][Pt]. The Hall–Kier alpha value is -3.17. The molecule has 0 radical (unpaired) electrons. The number of hydrogen-bond acceptors (Lipinski definition) is 8. The summed E-state index contributed by atoms with van der Waals surface area (Å²) in [6, 6.07) is 6.68. The Kier molecular flexibility index (Phi) is 10.5. The molecule has 0 aliphatic carbocycles. The van der Waals surface area contributed by atoms with Gasteiger partial charge in [0, 0.05) is 37.0 Å². The maximum absolute atomic E-state index is 12.5. The molecule has 0 saturated heterocycles. The van der Waals surface area contributed by atoms with E-state index in [0.717, 1.165) is 5.69 Å². The second-order valence-electron chi connectivity index (χ2n) is 7.65. The first-order valence-corrected chi connectivity index (χ1v) is 13.1. The minimum absolute atomic E-state index is 0.0142. The quantitative estimate of drug-likeness (QED) is 0.300. The van der Waals surface area contributed by atoms with Crippen molar-refractivity contribution in [2.45, 2.75) is 32.7 Å². The Balaban J connectivity index is 0.00000210. The number of hydrogen-bond donors (Lipinski definition) is 2. The molecule has 3 aromatic rings. The number of halogens is 1. The molecule has 1 aromatic carbocycles. The Morgan fingerprint density at radius 1 is 1.11 bits per heavy atom. The second-order valence-corrected chi connectivity index (χ2v) is 7.65. The molecule has 0 saturated carbocycles. The molecule has 1 unspecified atom stereocenters. The predicted molar refractivity (Wildman–Crippen MR) is 125 cm³/mol. The number of anilines is 1. The van der Waals surface area contributed by atoms with Gasteiger partial charge in [-0.1, -0.05) is 0 Å². The second kappa shape index (κ2) is 13.1. The molecule has 3 N–H and O–H groups in total. The van der Waals surface area contributed by atoms with Gasteiger partial charge >= 0.3 is 40.1 Å². The number of fused-ring (bicyclic) bond motifs is 1. The first-order chi connectivity index (χ1) is 16.6. The number of ketones is 1. The molecule has 3 rings (SSSR count). The number of carbonyl (C=O) groups excluding carboxylic acids is 1. The summed E-state index contributed by atoms with van der Waals surface area (Å²) in [7, 11) is 6.45. The van der Waals surface area contributed by atoms with E-state index in [4.69, 9.17) is 10.8 Å². The van der Waals surface area contributed by atoms with E-state index in [1.807, 2.05) is 11.9 Å². The summed E-state index contributed by atoms with van der Waals surface area (Å²) in [6.45, 7) is 2.08. The van der Waals surface area contributed by atoms with Gasteiger partial charge in [0.25, 0.3) is 0 Å². The van der Waals surface area contributed by atoms with Gasteiger partial charge in [0.15, 0.2) is 11.4 Å². The molecule has 11 nitrogen and oxygen atoms in total. The zero-order valence-corrected chi connectivity index (χ0v) is 21.9. The van der Waals surface area contributed by atoms with E-state index >= 15 is 0 Å². The summed E-state index contributed by atoms with van der Waals surface area (Å²) in [5.41, 5.74) is 10.4. The van der Waals surface area contributed by atoms with Crippen molar-refractivity contribution in [3.8, 4) is 0 Å². The fourth-order valence-corrected chi connectivity index (χ4v) is 3.32. The van der Waals surface area contributed by atoms with Crippen molar-refractivity contribution >= 4 is 49.8 Å². The number of aromatic nitrogens is 4. The Labute approximate surface area is 216 Å². The van der Waals surface area contributed by atoms with Gasteiger partial charge in [-0.05, 0) is 43.4 Å². The number of benzene rings is 1. The van der Waals surface area contributed by atoms with Crippen molar-refractivity contribution in [3.63, 3.8) is 0 Å². The predicted octanol–water partition coefficient (Wildman–Crippen LogP) is 3.87. The van der Waals surface area contributed by atoms with Gasteiger partial charge in [0.05, 0.1) is 24.4 Å². The van der Waals surface area contributed by atoms with E-state index in [2.05, 4.69) is 29.4 Å². The van der Waals surface area contributed by atoms with Crippen molar-refractivity contribution in [1.82, 2.24) is 19.9 Å². The van der Waals surface area contributed by atoms with Gasteiger partial charge in [-0.25, -0.2) is 15.0 Å². The molecule has 0 aliphatic rings. The zero-order valence-electron chi connectivity index (χ0n) is 18.8. The average molecular weight is 682 g/mol. The van der Waals surface area contributed by atoms with Crippen LogP contribution in [0.2, 0.25) is 0 Å². The van der Waals surface area contributed by atoms with Crippen LogP contribution >= 0.6 is 9.42 Å². The summed E-state index contributed by atoms with van der Waals surface area (Å²) >= 11 is 1.61. The number of aliphatic carboxylic acids is 2. The van der Waals surface area contributed by atoms with Crippen LogP contribution in [0.15, 0.2) is 30.5 Å². The van der Waals surface area contributed by atoms with Crippen LogP contribution in [0.4, 0.5) is 11.5 Å². The molecule has 0 spiro atoms. The number of rotatable bonds is 10. The molecular weight excluding hydrogens is 659 g/mol. The van der Waals surface area contributed by atoms with Crippen molar-refractivity contribution in [1.29, 1.82) is 0 Å². The number of carboxylic acid groups (broad SMARTS) is 2. The third kappa shape index (κ3) is 7.93. The summed E-state index contributed by atoms with van der Waals surface area (Å²) in [5.74, 6) is -3.22. The van der Waals surface area contributed by atoms with Crippen LogP contribution in [0.3, 0.4) is 0 Å². The first kappa shape index (κ1) is 28.1. The summed E-state index contributed by atoms with van der Waals surface area (Å²) in [5, 5.41) is 18.0. The molecule has 189 valence electrons. The molecule has 13 heteroatoms. The summed E-state index contributed by atoms with van der Waals surface area (Å²) in [6.07, 6.45) is 0.918. The Bertz CT molecular complexity index is 1210. The first-order valence-electron chi connectivity index (χ1n) is 10.3. The van der Waals surface area contributed by atoms with Gasteiger partial charge in [-0.2, -0.15) is 0 Å². The van der Waals surface area contributed by atoms with Gasteiger partial charge in [0.1, 0.15) is 5.52 Å². The molecule has 2 aromatic heterocycles. The van der Waals surface area contributed by atoms with E-state index in [1.54, 1.807) is 56.2 Å². The van der Waals surface area contributed by atoms with E-state index in [9.17, 15) is 19.5 Å². The molecular formula is C22H23ClN6O5Pt-. The van der Waals surface area contributed by atoms with Crippen molar-refractivity contribution in [3.05, 3.63) is 53.3 Å². The summed E-state index contributed by atoms with van der Waals surface area (Å²) in [4.78, 5) is 53.3. The van der Waals surface area contributed by atoms with Crippen molar-refractivity contribution < 1.29 is 43.4 Å². The van der Waals surface area contributed by atoms with E-state index in [-0.39, 0.29) is 30.9 Å². The van der Waals surface area contributed by atoms with Crippen LogP contribution in [-0.2, 0) is 34.9 Å². The fraction of sp³-hybridized carbons (Fsp3) is 0.318. The summed E-state index contributed by atoms with van der Waals surface area (Å²) < 4.78 is 0. The number of carboxylic acids is 2. The molecule has 0 aliphatic heterocycles. The molecule has 1 atom stereocenters. The zero-order chi connectivity index (χ0) is 26.1. The Morgan fingerprint density at radius 2 is 1.77 bits per heavy atom. The third-order valence-electron chi connectivity index (χ3n) is 5.09. The fourth-order valence-electron chi connectivity index (χ4n) is 3.32. The molecule has 0 amide bonds. The molecule has 0 fully saturated rings. The van der Waals surface area contributed by atoms with Gasteiger partial charge in [-0.3, -0.25) is 14.4 Å². The van der Waals surface area contributed by atoms with Crippen molar-refractivity contribution in [2.24, 2.45) is 5.92 Å². The number of carbonyl (C=O) groups is 3. The topological polar surface area (TPSA) is 170 Å². The Morgan fingerprint density at radius 3 is 2.37 bits per heavy atom. The standard InChI is InChI=1S/C22H24N6O5.ClH.Pt/c1-12-25-20(23)19-21(26-12)24-10-15(27-19)11-28(2)16-6-3-13(4-7-16)17(29)9-14(22(32)33)5-8-18(30)31;;/h3-4,6-7,10,14H,5,8-9,11H2,1-2H3,(H4,23,24,25,26,30,31,32,33);1H;/q;;+1/p-2. The van der Waals surface area contributed by atoms with Crippen LogP contribution in [-0.4, -0.2) is 54.9 Å². The normalized spacial score (nSPS) is 11.3. The van der Waals surface area contributed by atoms with E-state index in [1.165, 1.54) is 0 Å². The molecule has 0 bridgehead atoms. The number of Topliss-reactive ketones (excluding diaryl/α,β-unsaturated/α-hetero) is 1. The third-order valence-corrected chi connectivity index (χ3v) is 5.09. The van der Waals surface area contributed by atoms with Crippen LogP contribution in [0.25, 0.3) is 16.9 Å². The van der Waals surface area contributed by atoms with Gasteiger partial charge < -0.3 is 25.8 Å². The minimum atomic E-state index is -1.19. The van der Waals surface area contributed by atoms with Crippen LogP contribution in [0, 0.1) is 12.8 Å². The van der Waals surface area contributed by atoms with Crippen LogP contribution < -0.4 is 4.90 Å². The van der Waals surface area contributed by atoms with E-state index in [0.29, 0.717) is 34.8 Å². The van der Waals surface area contributed by atoms with Crippen molar-refractivity contribution in [2.75, 3.05) is 11.9 Å². The van der Waals surface area contributed by atoms with E-state index < -0.39 is 17.9 Å². The average Bonchev–Trinajstić information content (AvgIpc) is 2.83. The van der Waals surface area contributed by atoms with Gasteiger partial charge in [-0.15, -0.1) is 0 Å². The van der Waals surface area contributed by atoms with Gasteiger partial charge in [0.2, 0.25) is 0 Å². The molecule has 2 heterocycles. The maximum atomic E-state index is 12.5. The van der Waals surface area contributed by atoms with Crippen LogP contribution in [0.1, 0.15) is 41.1 Å².